The van der Waals surface area contributed by atoms with Crippen molar-refractivity contribution in [2.24, 2.45) is 11.3 Å². The molecule has 0 aliphatic heterocycles. The summed E-state index contributed by atoms with van der Waals surface area (Å²) in [5.74, 6) is 0.713. The van der Waals surface area contributed by atoms with Crippen LogP contribution in [0, 0.1) is 11.3 Å². The van der Waals surface area contributed by atoms with Gasteiger partial charge in [0.25, 0.3) is 0 Å². The molecule has 0 aromatic rings. The average Bonchev–Trinajstić information content (AvgIpc) is 2.17. The Morgan fingerprint density at radius 2 is 1.87 bits per heavy atom. The Kier molecular flexibility index (Phi) is 8.07. The predicted octanol–water partition coefficient (Wildman–Crippen LogP) is 3.24. The third-order valence-corrected chi connectivity index (χ3v) is 2.92. The van der Waals surface area contributed by atoms with E-state index in [9.17, 15) is 5.11 Å². The lowest BCUT2D eigenvalue weighted by Crippen LogP contribution is -2.23. The molecule has 0 amide bonds. The Balaban J connectivity index is 3.54. The summed E-state index contributed by atoms with van der Waals surface area (Å²) in [5.41, 5.74) is 0.0621. The summed E-state index contributed by atoms with van der Waals surface area (Å²) in [7, 11) is 0. The molecule has 0 aliphatic rings. The Labute approximate surface area is 95.0 Å². The molecule has 0 radical (unpaired) electrons. The molecule has 0 rings (SSSR count). The first-order chi connectivity index (χ1) is 7.04. The first-order valence-corrected chi connectivity index (χ1v) is 6.22. The highest BCUT2D eigenvalue weighted by Gasteiger charge is 2.21. The molecule has 15 heavy (non-hydrogen) atoms. The second-order valence-electron chi connectivity index (χ2n) is 5.26. The topological polar surface area (TPSA) is 29.5 Å². The fraction of sp³-hybridized carbons (Fsp3) is 1.00. The van der Waals surface area contributed by atoms with Crippen LogP contribution >= 0.6 is 0 Å². The second-order valence-corrected chi connectivity index (χ2v) is 5.26. The van der Waals surface area contributed by atoms with Crippen molar-refractivity contribution in [2.75, 3.05) is 19.8 Å². The molecule has 0 aromatic heterocycles. The van der Waals surface area contributed by atoms with Gasteiger partial charge in [0.1, 0.15) is 0 Å². The van der Waals surface area contributed by atoms with Gasteiger partial charge in [-0.05, 0) is 30.6 Å². The third-order valence-electron chi connectivity index (χ3n) is 2.92. The Morgan fingerprint density at radius 3 is 2.33 bits per heavy atom. The van der Waals surface area contributed by atoms with E-state index in [2.05, 4.69) is 27.7 Å². The molecule has 2 nitrogen and oxygen atoms in total. The molecule has 1 unspecified atom stereocenters. The van der Waals surface area contributed by atoms with Gasteiger partial charge >= 0.3 is 0 Å². The quantitative estimate of drug-likeness (QED) is 0.600. The zero-order valence-electron chi connectivity index (χ0n) is 10.9. The van der Waals surface area contributed by atoms with Crippen LogP contribution in [0.5, 0.6) is 0 Å². The molecule has 0 saturated heterocycles. The summed E-state index contributed by atoms with van der Waals surface area (Å²) in [6.07, 6.45) is 4.30. The van der Waals surface area contributed by atoms with Crippen molar-refractivity contribution in [1.82, 2.24) is 0 Å². The average molecular weight is 216 g/mol. The van der Waals surface area contributed by atoms with Gasteiger partial charge < -0.3 is 9.84 Å². The molecular formula is C13H28O2. The monoisotopic (exact) mass is 216 g/mol. The van der Waals surface area contributed by atoms with Gasteiger partial charge in [0.15, 0.2) is 0 Å². The summed E-state index contributed by atoms with van der Waals surface area (Å²) in [6, 6.07) is 0. The molecule has 0 fully saturated rings. The number of hydrogen-bond acceptors (Lipinski definition) is 2. The molecular weight excluding hydrogens is 188 g/mol. The van der Waals surface area contributed by atoms with Crippen molar-refractivity contribution in [1.29, 1.82) is 0 Å². The van der Waals surface area contributed by atoms with Crippen LogP contribution in [0.15, 0.2) is 0 Å². The molecule has 2 heteroatoms. The van der Waals surface area contributed by atoms with Crippen LogP contribution in [0.3, 0.4) is 0 Å². The van der Waals surface area contributed by atoms with Gasteiger partial charge in [-0.25, -0.2) is 0 Å². The van der Waals surface area contributed by atoms with E-state index >= 15 is 0 Å². The predicted molar refractivity (Wildman–Crippen MR) is 65.0 cm³/mol. The lowest BCUT2D eigenvalue weighted by molar-refractivity contribution is 0.0575. The van der Waals surface area contributed by atoms with Crippen LogP contribution in [0.1, 0.15) is 53.4 Å². The highest BCUT2D eigenvalue weighted by atomic mass is 16.5. The van der Waals surface area contributed by atoms with Crippen LogP contribution in [0.2, 0.25) is 0 Å². The summed E-state index contributed by atoms with van der Waals surface area (Å²) < 4.78 is 5.58. The van der Waals surface area contributed by atoms with Crippen molar-refractivity contribution in [3.63, 3.8) is 0 Å². The van der Waals surface area contributed by atoms with Crippen LogP contribution < -0.4 is 0 Å². The van der Waals surface area contributed by atoms with E-state index in [1.54, 1.807) is 0 Å². The molecule has 0 heterocycles. The van der Waals surface area contributed by atoms with Gasteiger partial charge in [-0.15, -0.1) is 0 Å². The van der Waals surface area contributed by atoms with Gasteiger partial charge in [0.05, 0.1) is 0 Å². The van der Waals surface area contributed by atoms with Crippen molar-refractivity contribution >= 4 is 0 Å². The number of rotatable bonds is 9. The molecule has 0 aromatic carbocycles. The lowest BCUT2D eigenvalue weighted by atomic mass is 9.83. The minimum Gasteiger partial charge on any atom is -0.396 e. The van der Waals surface area contributed by atoms with Crippen molar-refractivity contribution < 1.29 is 9.84 Å². The zero-order chi connectivity index (χ0) is 11.7. The summed E-state index contributed by atoms with van der Waals surface area (Å²) in [4.78, 5) is 0. The SMILES string of the molecule is CCCC(C)(CO)CCOCCC(C)C. The Bertz CT molecular complexity index is 145. The first-order valence-electron chi connectivity index (χ1n) is 6.22. The minimum atomic E-state index is 0.0621. The maximum absolute atomic E-state index is 9.31. The van der Waals surface area contributed by atoms with E-state index in [0.29, 0.717) is 5.92 Å². The third kappa shape index (κ3) is 7.80. The maximum atomic E-state index is 9.31. The second kappa shape index (κ2) is 8.12. The molecule has 0 aliphatic carbocycles. The fourth-order valence-corrected chi connectivity index (χ4v) is 1.63. The highest BCUT2D eigenvalue weighted by molar-refractivity contribution is 4.72. The van der Waals surface area contributed by atoms with E-state index in [1.807, 2.05) is 0 Å². The number of aliphatic hydroxyl groups excluding tert-OH is 1. The largest absolute Gasteiger partial charge is 0.396 e. The van der Waals surface area contributed by atoms with Crippen molar-refractivity contribution in [3.8, 4) is 0 Å². The normalized spacial score (nSPS) is 15.6. The van der Waals surface area contributed by atoms with Crippen molar-refractivity contribution in [2.45, 2.75) is 53.4 Å². The fourth-order valence-electron chi connectivity index (χ4n) is 1.63. The Hall–Kier alpha value is -0.0800. The van der Waals surface area contributed by atoms with Gasteiger partial charge in [-0.1, -0.05) is 34.1 Å². The smallest absolute Gasteiger partial charge is 0.0485 e. The van der Waals surface area contributed by atoms with E-state index in [-0.39, 0.29) is 12.0 Å². The molecule has 1 atom stereocenters. The van der Waals surface area contributed by atoms with E-state index in [0.717, 1.165) is 38.9 Å². The van der Waals surface area contributed by atoms with Crippen molar-refractivity contribution in [3.05, 3.63) is 0 Å². The molecule has 0 spiro atoms. The van der Waals surface area contributed by atoms with Crippen LogP contribution in [0.25, 0.3) is 0 Å². The molecule has 0 bridgehead atoms. The summed E-state index contributed by atoms with van der Waals surface area (Å²) in [6.45, 7) is 10.6. The number of aliphatic hydroxyl groups is 1. The minimum absolute atomic E-state index is 0.0621. The standard InChI is InChI=1S/C13H28O2/c1-5-7-13(4,11-14)8-10-15-9-6-12(2)3/h12,14H,5-11H2,1-4H3. The van der Waals surface area contributed by atoms with Gasteiger partial charge in [0, 0.05) is 19.8 Å². The van der Waals surface area contributed by atoms with Crippen LogP contribution in [-0.2, 0) is 4.74 Å². The molecule has 0 saturated carbocycles. The lowest BCUT2D eigenvalue weighted by Gasteiger charge is -2.26. The zero-order valence-corrected chi connectivity index (χ0v) is 10.9. The Morgan fingerprint density at radius 1 is 1.20 bits per heavy atom. The van der Waals surface area contributed by atoms with Crippen LogP contribution in [0.4, 0.5) is 0 Å². The highest BCUT2D eigenvalue weighted by Crippen LogP contribution is 2.26. The van der Waals surface area contributed by atoms with Gasteiger partial charge in [-0.2, -0.15) is 0 Å². The van der Waals surface area contributed by atoms with E-state index in [4.69, 9.17) is 4.74 Å². The van der Waals surface area contributed by atoms with E-state index < -0.39 is 0 Å². The van der Waals surface area contributed by atoms with Gasteiger partial charge in [0.2, 0.25) is 0 Å². The van der Waals surface area contributed by atoms with Crippen LogP contribution in [-0.4, -0.2) is 24.9 Å². The number of ether oxygens (including phenoxy) is 1. The summed E-state index contributed by atoms with van der Waals surface area (Å²) in [5, 5.41) is 9.31. The van der Waals surface area contributed by atoms with Gasteiger partial charge in [-0.3, -0.25) is 0 Å². The molecule has 1 N–H and O–H groups in total. The first kappa shape index (κ1) is 14.9. The number of hydrogen-bond donors (Lipinski definition) is 1. The summed E-state index contributed by atoms with van der Waals surface area (Å²) >= 11 is 0. The van der Waals surface area contributed by atoms with E-state index in [1.165, 1.54) is 0 Å². The molecule has 92 valence electrons. The maximum Gasteiger partial charge on any atom is 0.0485 e.